The fourth-order valence-corrected chi connectivity index (χ4v) is 2.11. The van der Waals surface area contributed by atoms with E-state index in [0.717, 1.165) is 16.8 Å². The Kier molecular flexibility index (Phi) is 4.47. The van der Waals surface area contributed by atoms with Gasteiger partial charge in [-0.15, -0.1) is 0 Å². The number of para-hydroxylation sites is 1. The van der Waals surface area contributed by atoms with E-state index in [4.69, 9.17) is 18.0 Å². The van der Waals surface area contributed by atoms with Crippen LogP contribution in [0.5, 0.6) is 0 Å². The van der Waals surface area contributed by atoms with Gasteiger partial charge in [-0.05, 0) is 18.6 Å². The Morgan fingerprint density at radius 2 is 2.12 bits per heavy atom. The maximum absolute atomic E-state index is 11.0. The Labute approximate surface area is 107 Å². The fraction of sp³-hybridized carbons (Fsp3) is 0.364. The van der Waals surface area contributed by atoms with Gasteiger partial charge in [0.2, 0.25) is 0 Å². The summed E-state index contributed by atoms with van der Waals surface area (Å²) in [5.74, 6) is 0.0815. The van der Waals surface area contributed by atoms with E-state index in [0.29, 0.717) is 11.5 Å². The number of aryl methyl sites for hydroxylation is 1. The van der Waals surface area contributed by atoms with Crippen molar-refractivity contribution in [2.24, 2.45) is 5.73 Å². The average molecular weight is 272 g/mol. The van der Waals surface area contributed by atoms with Gasteiger partial charge in [-0.2, -0.15) is 0 Å². The second-order valence-corrected chi connectivity index (χ2v) is 6.62. The molecule has 0 amide bonds. The molecular weight excluding hydrogens is 256 g/mol. The van der Waals surface area contributed by atoms with Crippen LogP contribution in [-0.2, 0) is 9.84 Å². The lowest BCUT2D eigenvalue weighted by molar-refractivity contribution is 0.602. The molecule has 1 rings (SSSR count). The van der Waals surface area contributed by atoms with Gasteiger partial charge in [0.05, 0.1) is 5.75 Å². The standard InChI is InChI=1S/C11H16N2O2S2/c1-8-4-3-5-9(11(12)16)10(8)13-6-7-17(2,14)15/h3-5,13H,6-7H2,1-2H3,(H2,12,16). The highest BCUT2D eigenvalue weighted by Gasteiger charge is 2.08. The first-order valence-corrected chi connectivity index (χ1v) is 7.59. The molecular formula is C11H16N2O2S2. The summed E-state index contributed by atoms with van der Waals surface area (Å²) in [5.41, 5.74) is 8.16. The van der Waals surface area contributed by atoms with Crippen LogP contribution in [0.15, 0.2) is 18.2 Å². The van der Waals surface area contributed by atoms with Crippen molar-refractivity contribution < 1.29 is 8.42 Å². The molecule has 0 fully saturated rings. The molecule has 0 spiro atoms. The number of sulfone groups is 1. The molecule has 0 aliphatic carbocycles. The van der Waals surface area contributed by atoms with Gasteiger partial charge in [0.25, 0.3) is 0 Å². The monoisotopic (exact) mass is 272 g/mol. The molecule has 0 radical (unpaired) electrons. The van der Waals surface area contributed by atoms with Crippen LogP contribution in [0, 0.1) is 6.92 Å². The molecule has 0 aliphatic rings. The number of nitrogens with two attached hydrogens (primary N) is 1. The fourth-order valence-electron chi connectivity index (χ4n) is 1.47. The SMILES string of the molecule is Cc1cccc(C(N)=S)c1NCCS(C)(=O)=O. The molecule has 0 saturated carbocycles. The molecule has 0 aromatic heterocycles. The lowest BCUT2D eigenvalue weighted by Crippen LogP contribution is -2.18. The van der Waals surface area contributed by atoms with E-state index >= 15 is 0 Å². The number of rotatable bonds is 5. The maximum atomic E-state index is 11.0. The van der Waals surface area contributed by atoms with Crippen molar-refractivity contribution in [3.8, 4) is 0 Å². The normalized spacial score (nSPS) is 11.2. The average Bonchev–Trinajstić information content (AvgIpc) is 2.18. The van der Waals surface area contributed by atoms with Gasteiger partial charge in [-0.25, -0.2) is 8.42 Å². The zero-order chi connectivity index (χ0) is 13.1. The zero-order valence-electron chi connectivity index (χ0n) is 9.86. The quantitative estimate of drug-likeness (QED) is 0.785. The van der Waals surface area contributed by atoms with Crippen LogP contribution in [-0.4, -0.2) is 32.0 Å². The highest BCUT2D eigenvalue weighted by atomic mass is 32.2. The van der Waals surface area contributed by atoms with Gasteiger partial charge in [-0.3, -0.25) is 0 Å². The highest BCUT2D eigenvalue weighted by molar-refractivity contribution is 7.90. The third-order valence-corrected chi connectivity index (χ3v) is 3.48. The lowest BCUT2D eigenvalue weighted by atomic mass is 10.1. The Morgan fingerprint density at radius 1 is 1.47 bits per heavy atom. The first-order valence-electron chi connectivity index (χ1n) is 5.12. The number of anilines is 1. The minimum absolute atomic E-state index is 0.0815. The molecule has 1 aromatic carbocycles. The molecule has 3 N–H and O–H groups in total. The topological polar surface area (TPSA) is 72.2 Å². The van der Waals surface area contributed by atoms with E-state index in [9.17, 15) is 8.42 Å². The van der Waals surface area contributed by atoms with Gasteiger partial charge >= 0.3 is 0 Å². The summed E-state index contributed by atoms with van der Waals surface area (Å²) in [6.45, 7) is 2.27. The van der Waals surface area contributed by atoms with E-state index in [1.807, 2.05) is 25.1 Å². The number of thiocarbonyl (C=S) groups is 1. The molecule has 0 unspecified atom stereocenters. The van der Waals surface area contributed by atoms with E-state index < -0.39 is 9.84 Å². The molecule has 94 valence electrons. The predicted octanol–water partition coefficient (Wildman–Crippen LogP) is 1.09. The van der Waals surface area contributed by atoms with E-state index in [1.54, 1.807) is 0 Å². The summed E-state index contributed by atoms with van der Waals surface area (Å²) in [6.07, 6.45) is 1.21. The summed E-state index contributed by atoms with van der Waals surface area (Å²) in [7, 11) is -2.97. The third kappa shape index (κ3) is 4.32. The van der Waals surface area contributed by atoms with E-state index in [2.05, 4.69) is 5.32 Å². The maximum Gasteiger partial charge on any atom is 0.149 e. The predicted molar refractivity (Wildman–Crippen MR) is 75.3 cm³/mol. The van der Waals surface area contributed by atoms with Gasteiger partial charge in [0.15, 0.2) is 0 Å². The Bertz CT molecular complexity index is 524. The van der Waals surface area contributed by atoms with Crippen LogP contribution in [0.3, 0.4) is 0 Å². The summed E-state index contributed by atoms with van der Waals surface area (Å²) in [6, 6.07) is 5.61. The minimum atomic E-state index is -2.97. The molecule has 0 atom stereocenters. The van der Waals surface area contributed by atoms with E-state index in [1.165, 1.54) is 6.26 Å². The van der Waals surface area contributed by atoms with Crippen LogP contribution in [0.4, 0.5) is 5.69 Å². The number of nitrogens with one attached hydrogen (secondary N) is 1. The van der Waals surface area contributed by atoms with Crippen LogP contribution < -0.4 is 11.1 Å². The largest absolute Gasteiger partial charge is 0.389 e. The molecule has 1 aromatic rings. The Morgan fingerprint density at radius 3 is 2.65 bits per heavy atom. The van der Waals surface area contributed by atoms with Crippen molar-refractivity contribution in [1.29, 1.82) is 0 Å². The molecule has 0 bridgehead atoms. The molecule has 6 heteroatoms. The third-order valence-electron chi connectivity index (χ3n) is 2.31. The highest BCUT2D eigenvalue weighted by Crippen LogP contribution is 2.20. The van der Waals surface area contributed by atoms with Crippen molar-refractivity contribution in [2.45, 2.75) is 6.92 Å². The van der Waals surface area contributed by atoms with Crippen LogP contribution in [0.2, 0.25) is 0 Å². The molecule has 0 heterocycles. The van der Waals surface area contributed by atoms with Gasteiger partial charge < -0.3 is 11.1 Å². The van der Waals surface area contributed by atoms with Crippen LogP contribution in [0.25, 0.3) is 0 Å². The summed E-state index contributed by atoms with van der Waals surface area (Å²) in [4.78, 5) is 0.301. The number of hydrogen-bond acceptors (Lipinski definition) is 4. The minimum Gasteiger partial charge on any atom is -0.389 e. The molecule has 0 aliphatic heterocycles. The van der Waals surface area contributed by atoms with E-state index in [-0.39, 0.29) is 5.75 Å². The Hall–Kier alpha value is -1.14. The zero-order valence-corrected chi connectivity index (χ0v) is 11.5. The van der Waals surface area contributed by atoms with Gasteiger partial charge in [0, 0.05) is 24.1 Å². The number of benzene rings is 1. The summed E-state index contributed by atoms with van der Waals surface area (Å²) in [5, 5.41) is 3.07. The van der Waals surface area contributed by atoms with Crippen molar-refractivity contribution in [1.82, 2.24) is 0 Å². The van der Waals surface area contributed by atoms with Crippen molar-refractivity contribution in [3.63, 3.8) is 0 Å². The molecule has 4 nitrogen and oxygen atoms in total. The van der Waals surface area contributed by atoms with Gasteiger partial charge in [0.1, 0.15) is 14.8 Å². The summed E-state index contributed by atoms with van der Waals surface area (Å²) < 4.78 is 22.1. The van der Waals surface area contributed by atoms with Crippen molar-refractivity contribution >= 4 is 32.7 Å². The summed E-state index contributed by atoms with van der Waals surface area (Å²) >= 11 is 4.95. The van der Waals surface area contributed by atoms with Crippen LogP contribution in [0.1, 0.15) is 11.1 Å². The number of hydrogen-bond donors (Lipinski definition) is 2. The van der Waals surface area contributed by atoms with Crippen molar-refractivity contribution in [3.05, 3.63) is 29.3 Å². The molecule has 17 heavy (non-hydrogen) atoms. The van der Waals surface area contributed by atoms with Gasteiger partial charge in [-0.1, -0.05) is 24.4 Å². The Balaban J connectivity index is 2.86. The first kappa shape index (κ1) is 13.9. The van der Waals surface area contributed by atoms with Crippen LogP contribution >= 0.6 is 12.2 Å². The van der Waals surface area contributed by atoms with Crippen molar-refractivity contribution in [2.75, 3.05) is 23.9 Å². The second-order valence-electron chi connectivity index (χ2n) is 3.92. The lowest BCUT2D eigenvalue weighted by Gasteiger charge is -2.13. The first-order chi connectivity index (χ1) is 7.81. The molecule has 0 saturated heterocycles. The smallest absolute Gasteiger partial charge is 0.149 e. The second kappa shape index (κ2) is 5.46.